The fourth-order valence-electron chi connectivity index (χ4n) is 3.41. The van der Waals surface area contributed by atoms with Gasteiger partial charge in [-0.3, -0.25) is 4.79 Å². The molecule has 0 spiro atoms. The average molecular weight is 320 g/mol. The van der Waals surface area contributed by atoms with Crippen molar-refractivity contribution in [2.45, 2.75) is 25.7 Å². The number of amides is 1. The van der Waals surface area contributed by atoms with Crippen molar-refractivity contribution in [3.8, 4) is 0 Å². The van der Waals surface area contributed by atoms with Crippen molar-refractivity contribution in [1.29, 1.82) is 0 Å². The standard InChI is InChI=1S/C19H20N4O/c20-16-4-2-1-3-12-11-13(5-6-14(12)16)19(24)23-17-8-10-22-18-15(17)7-9-21-18/h5-11,13H,1-4,20H2,(H2,21,22,23,24)/t13-/m1/s1. The molecule has 24 heavy (non-hydrogen) atoms. The summed E-state index contributed by atoms with van der Waals surface area (Å²) >= 11 is 0. The Kier molecular flexibility index (Phi) is 3.69. The van der Waals surface area contributed by atoms with Crippen LogP contribution in [0.3, 0.4) is 0 Å². The fraction of sp³-hybridized carbons (Fsp3) is 0.263. The highest BCUT2D eigenvalue weighted by Gasteiger charge is 2.22. The molecule has 122 valence electrons. The van der Waals surface area contributed by atoms with Crippen LogP contribution in [0.15, 0.2) is 59.6 Å². The van der Waals surface area contributed by atoms with E-state index >= 15 is 0 Å². The molecule has 0 aliphatic heterocycles. The number of pyridine rings is 1. The number of fused-ring (bicyclic) bond motifs is 2. The third-order valence-electron chi connectivity index (χ3n) is 4.71. The summed E-state index contributed by atoms with van der Waals surface area (Å²) in [6, 6.07) is 3.74. The molecule has 5 nitrogen and oxygen atoms in total. The Bertz CT molecular complexity index is 888. The highest BCUT2D eigenvalue weighted by Crippen LogP contribution is 2.32. The lowest BCUT2D eigenvalue weighted by molar-refractivity contribution is -0.117. The molecule has 5 heteroatoms. The number of nitrogens with one attached hydrogen (secondary N) is 2. The Morgan fingerprint density at radius 1 is 1.29 bits per heavy atom. The van der Waals surface area contributed by atoms with E-state index in [2.05, 4.69) is 21.4 Å². The summed E-state index contributed by atoms with van der Waals surface area (Å²) in [5.74, 6) is -0.300. The second-order valence-electron chi connectivity index (χ2n) is 6.31. The predicted molar refractivity (Wildman–Crippen MR) is 95.1 cm³/mol. The van der Waals surface area contributed by atoms with Gasteiger partial charge >= 0.3 is 0 Å². The lowest BCUT2D eigenvalue weighted by atomic mass is 9.90. The maximum atomic E-state index is 12.7. The molecule has 0 saturated carbocycles. The van der Waals surface area contributed by atoms with Gasteiger partial charge in [-0.05, 0) is 49.0 Å². The van der Waals surface area contributed by atoms with Gasteiger partial charge in [0.1, 0.15) is 5.65 Å². The maximum absolute atomic E-state index is 12.7. The Morgan fingerprint density at radius 3 is 3.08 bits per heavy atom. The van der Waals surface area contributed by atoms with Crippen LogP contribution in [-0.4, -0.2) is 15.9 Å². The van der Waals surface area contributed by atoms with Crippen molar-refractivity contribution in [1.82, 2.24) is 9.97 Å². The normalized spacial score (nSPS) is 20.5. The van der Waals surface area contributed by atoms with Gasteiger partial charge in [0, 0.05) is 23.5 Å². The van der Waals surface area contributed by atoms with Crippen LogP contribution >= 0.6 is 0 Å². The van der Waals surface area contributed by atoms with Crippen molar-refractivity contribution in [2.75, 3.05) is 5.32 Å². The van der Waals surface area contributed by atoms with Crippen LogP contribution in [0.2, 0.25) is 0 Å². The van der Waals surface area contributed by atoms with Crippen LogP contribution in [0.4, 0.5) is 5.69 Å². The molecule has 2 aromatic heterocycles. The summed E-state index contributed by atoms with van der Waals surface area (Å²) in [5.41, 5.74) is 11.0. The van der Waals surface area contributed by atoms with Crippen LogP contribution < -0.4 is 11.1 Å². The molecule has 0 unspecified atom stereocenters. The van der Waals surface area contributed by atoms with E-state index in [1.165, 1.54) is 5.57 Å². The van der Waals surface area contributed by atoms with Crippen molar-refractivity contribution in [3.63, 3.8) is 0 Å². The number of nitrogens with two attached hydrogens (primary N) is 1. The van der Waals surface area contributed by atoms with Gasteiger partial charge in [-0.25, -0.2) is 4.98 Å². The number of aromatic nitrogens is 2. The van der Waals surface area contributed by atoms with E-state index in [0.717, 1.165) is 53.7 Å². The van der Waals surface area contributed by atoms with Gasteiger partial charge < -0.3 is 16.0 Å². The number of hydrogen-bond acceptors (Lipinski definition) is 3. The fourth-order valence-corrected chi connectivity index (χ4v) is 3.41. The second kappa shape index (κ2) is 6.00. The van der Waals surface area contributed by atoms with E-state index in [9.17, 15) is 4.79 Å². The van der Waals surface area contributed by atoms with E-state index < -0.39 is 0 Å². The monoisotopic (exact) mass is 320 g/mol. The minimum Gasteiger partial charge on any atom is -0.402 e. The van der Waals surface area contributed by atoms with Crippen molar-refractivity contribution in [3.05, 3.63) is 59.6 Å². The lowest BCUT2D eigenvalue weighted by Gasteiger charge is -2.18. The molecule has 2 heterocycles. The van der Waals surface area contributed by atoms with E-state index in [1.807, 2.05) is 30.5 Å². The Balaban J connectivity index is 1.59. The number of allylic oxidation sites excluding steroid dienone is 4. The smallest absolute Gasteiger partial charge is 0.235 e. The molecule has 4 rings (SSSR count). The first kappa shape index (κ1) is 14.8. The highest BCUT2D eigenvalue weighted by molar-refractivity contribution is 6.02. The molecule has 0 radical (unpaired) electrons. The molecule has 0 aromatic carbocycles. The quantitative estimate of drug-likeness (QED) is 0.793. The third-order valence-corrected chi connectivity index (χ3v) is 4.71. The van der Waals surface area contributed by atoms with E-state index in [0.29, 0.717) is 0 Å². The first-order chi connectivity index (χ1) is 11.7. The molecular weight excluding hydrogens is 300 g/mol. The SMILES string of the molecule is NC1=C2C=C[C@@H](C(=O)Nc3ccnc4[nH]ccc34)C=C2CCCC1. The van der Waals surface area contributed by atoms with Gasteiger partial charge in [-0.1, -0.05) is 18.2 Å². The van der Waals surface area contributed by atoms with Crippen LogP contribution in [0.1, 0.15) is 25.7 Å². The number of aromatic amines is 1. The molecular formula is C19H20N4O. The maximum Gasteiger partial charge on any atom is 0.235 e. The third kappa shape index (κ3) is 2.62. The molecule has 0 fully saturated rings. The molecule has 0 bridgehead atoms. The minimum atomic E-state index is -0.267. The van der Waals surface area contributed by atoms with Gasteiger partial charge in [-0.15, -0.1) is 0 Å². The second-order valence-corrected chi connectivity index (χ2v) is 6.31. The van der Waals surface area contributed by atoms with Crippen LogP contribution in [0.5, 0.6) is 0 Å². The molecule has 2 aromatic rings. The molecule has 4 N–H and O–H groups in total. The molecule has 1 amide bonds. The lowest BCUT2D eigenvalue weighted by Crippen LogP contribution is -2.22. The summed E-state index contributed by atoms with van der Waals surface area (Å²) in [6.07, 6.45) is 13.7. The highest BCUT2D eigenvalue weighted by atomic mass is 16.1. The summed E-state index contributed by atoms with van der Waals surface area (Å²) in [6.45, 7) is 0. The van der Waals surface area contributed by atoms with E-state index in [-0.39, 0.29) is 11.8 Å². The number of nitrogens with zero attached hydrogens (tertiary/aromatic N) is 1. The molecule has 0 saturated heterocycles. The van der Waals surface area contributed by atoms with Crippen molar-refractivity contribution in [2.24, 2.45) is 11.7 Å². The first-order valence-corrected chi connectivity index (χ1v) is 8.33. The van der Waals surface area contributed by atoms with Crippen LogP contribution in [0.25, 0.3) is 11.0 Å². The van der Waals surface area contributed by atoms with E-state index in [1.54, 1.807) is 6.20 Å². The Morgan fingerprint density at radius 2 is 2.17 bits per heavy atom. The topological polar surface area (TPSA) is 83.8 Å². The van der Waals surface area contributed by atoms with Crippen molar-refractivity contribution >= 4 is 22.6 Å². The largest absolute Gasteiger partial charge is 0.402 e. The summed E-state index contributed by atoms with van der Waals surface area (Å²) in [5, 5.41) is 3.94. The summed E-state index contributed by atoms with van der Waals surface area (Å²) < 4.78 is 0. The molecule has 1 atom stereocenters. The average Bonchev–Trinajstić information content (AvgIpc) is 3.00. The van der Waals surface area contributed by atoms with Gasteiger partial charge in [0.15, 0.2) is 0 Å². The number of hydrogen-bond donors (Lipinski definition) is 3. The Labute approximate surface area is 140 Å². The number of carbonyl (C=O) groups is 1. The van der Waals surface area contributed by atoms with Gasteiger partial charge in [0.2, 0.25) is 5.91 Å². The number of rotatable bonds is 2. The molecule has 2 aliphatic rings. The Hall–Kier alpha value is -2.82. The summed E-state index contributed by atoms with van der Waals surface area (Å²) in [4.78, 5) is 20.0. The first-order valence-electron chi connectivity index (χ1n) is 8.33. The zero-order valence-electron chi connectivity index (χ0n) is 13.4. The number of anilines is 1. The molecule has 2 aliphatic carbocycles. The number of carbonyl (C=O) groups excluding carboxylic acids is 1. The predicted octanol–water partition coefficient (Wildman–Crippen LogP) is 3.40. The van der Waals surface area contributed by atoms with Gasteiger partial charge in [-0.2, -0.15) is 0 Å². The van der Waals surface area contributed by atoms with E-state index in [4.69, 9.17) is 5.73 Å². The zero-order chi connectivity index (χ0) is 16.5. The number of H-pyrrole nitrogens is 1. The zero-order valence-corrected chi connectivity index (χ0v) is 13.4. The van der Waals surface area contributed by atoms with Crippen LogP contribution in [0, 0.1) is 5.92 Å². The van der Waals surface area contributed by atoms with Gasteiger partial charge in [0.05, 0.1) is 11.6 Å². The van der Waals surface area contributed by atoms with Gasteiger partial charge in [0.25, 0.3) is 0 Å². The minimum absolute atomic E-state index is 0.0330. The van der Waals surface area contributed by atoms with Crippen molar-refractivity contribution < 1.29 is 4.79 Å². The van der Waals surface area contributed by atoms with Crippen LogP contribution in [-0.2, 0) is 4.79 Å². The summed E-state index contributed by atoms with van der Waals surface area (Å²) in [7, 11) is 0.